The lowest BCUT2D eigenvalue weighted by Gasteiger charge is -2.22. The predicted octanol–water partition coefficient (Wildman–Crippen LogP) is 8.57. The number of thioether (sulfide) groups is 1. The molecule has 212 valence electrons. The van der Waals surface area contributed by atoms with E-state index in [1.54, 1.807) is 0 Å². The molecule has 0 unspecified atom stereocenters. The average Bonchev–Trinajstić information content (AvgIpc) is 3.17. The summed E-state index contributed by atoms with van der Waals surface area (Å²) in [5, 5.41) is 13.7. The molecule has 6 rings (SSSR count). The van der Waals surface area contributed by atoms with Gasteiger partial charge in [-0.15, -0.1) is 10.2 Å². The first kappa shape index (κ1) is 28.6. The summed E-state index contributed by atoms with van der Waals surface area (Å²) in [7, 11) is 0. The van der Waals surface area contributed by atoms with Crippen LogP contribution in [0.3, 0.4) is 0 Å². The van der Waals surface area contributed by atoms with Crippen molar-refractivity contribution in [3.63, 3.8) is 0 Å². The Morgan fingerprint density at radius 2 is 1.74 bits per heavy atom. The van der Waals surface area contributed by atoms with Gasteiger partial charge < -0.3 is 19.5 Å². The van der Waals surface area contributed by atoms with E-state index in [-0.39, 0.29) is 0 Å². The van der Waals surface area contributed by atoms with Gasteiger partial charge in [0.2, 0.25) is 11.0 Å². The van der Waals surface area contributed by atoms with E-state index in [4.69, 9.17) is 30.8 Å². The first-order chi connectivity index (χ1) is 20.6. The maximum absolute atomic E-state index is 6.54. The minimum atomic E-state index is -0.568. The smallest absolute Gasteiger partial charge is 0.247 e. The zero-order chi connectivity index (χ0) is 28.9. The minimum absolute atomic E-state index is 0.395. The lowest BCUT2D eigenvalue weighted by atomic mass is 10.1. The van der Waals surface area contributed by atoms with Gasteiger partial charge in [0.05, 0.1) is 10.2 Å². The summed E-state index contributed by atoms with van der Waals surface area (Å²) in [6.45, 7) is 2.89. The number of nitrogens with zero attached hydrogens (tertiary/aromatic N) is 3. The molecule has 1 aliphatic heterocycles. The SMILES string of the molecule is CCOc1cc([C@@H]2Nc3ccccc3-c3nnc(SCc4ccccc4Cl)nc3O2)cc(I)c1OCc1ccccc1. The number of hydrogen-bond donors (Lipinski definition) is 1. The number of anilines is 1. The third-order valence-electron chi connectivity index (χ3n) is 6.51. The first-order valence-electron chi connectivity index (χ1n) is 13.4. The summed E-state index contributed by atoms with van der Waals surface area (Å²) in [6, 6.07) is 29.7. The Kier molecular flexibility index (Phi) is 8.97. The largest absolute Gasteiger partial charge is 0.490 e. The third kappa shape index (κ3) is 6.43. The highest BCUT2D eigenvalue weighted by atomic mass is 127. The summed E-state index contributed by atoms with van der Waals surface area (Å²) in [5.74, 6) is 2.35. The van der Waals surface area contributed by atoms with Crippen LogP contribution in [0, 0.1) is 3.57 Å². The van der Waals surface area contributed by atoms with E-state index in [1.807, 2.05) is 97.9 Å². The van der Waals surface area contributed by atoms with E-state index in [0.29, 0.717) is 52.2 Å². The quantitative estimate of drug-likeness (QED) is 0.121. The zero-order valence-corrected chi connectivity index (χ0v) is 26.3. The summed E-state index contributed by atoms with van der Waals surface area (Å²) >= 11 is 10.1. The Labute approximate surface area is 267 Å². The van der Waals surface area contributed by atoms with Crippen molar-refractivity contribution in [2.75, 3.05) is 11.9 Å². The molecule has 1 aromatic heterocycles. The second-order valence-corrected chi connectivity index (χ2v) is 11.9. The number of aromatic nitrogens is 3. The maximum atomic E-state index is 6.54. The second-order valence-electron chi connectivity index (χ2n) is 9.35. The topological polar surface area (TPSA) is 78.4 Å². The van der Waals surface area contributed by atoms with Crippen LogP contribution in [0.5, 0.6) is 17.4 Å². The molecule has 0 amide bonds. The molecule has 42 heavy (non-hydrogen) atoms. The number of para-hydroxylation sites is 1. The fourth-order valence-electron chi connectivity index (χ4n) is 4.49. The predicted molar refractivity (Wildman–Crippen MR) is 174 cm³/mol. The van der Waals surface area contributed by atoms with Gasteiger partial charge in [-0.1, -0.05) is 90.1 Å². The van der Waals surface area contributed by atoms with Gasteiger partial charge in [0, 0.05) is 27.6 Å². The highest BCUT2D eigenvalue weighted by molar-refractivity contribution is 14.1. The van der Waals surface area contributed by atoms with Crippen LogP contribution < -0.4 is 19.5 Å². The number of ether oxygens (including phenoxy) is 3. The molecule has 10 heteroatoms. The van der Waals surface area contributed by atoms with E-state index >= 15 is 0 Å². The molecule has 0 spiro atoms. The van der Waals surface area contributed by atoms with E-state index < -0.39 is 6.23 Å². The van der Waals surface area contributed by atoms with Crippen molar-refractivity contribution in [2.45, 2.75) is 30.7 Å². The molecule has 0 bridgehead atoms. The summed E-state index contributed by atoms with van der Waals surface area (Å²) in [4.78, 5) is 4.78. The van der Waals surface area contributed by atoms with Crippen LogP contribution >= 0.6 is 46.0 Å². The van der Waals surface area contributed by atoms with Gasteiger partial charge in [0.15, 0.2) is 23.4 Å². The van der Waals surface area contributed by atoms with E-state index in [1.165, 1.54) is 11.8 Å². The molecule has 1 aliphatic rings. The normalized spacial score (nSPS) is 13.6. The van der Waals surface area contributed by atoms with Gasteiger partial charge in [-0.3, -0.25) is 0 Å². The van der Waals surface area contributed by atoms with Gasteiger partial charge in [-0.2, -0.15) is 4.98 Å². The monoisotopic (exact) mass is 708 g/mol. The molecule has 7 nitrogen and oxygen atoms in total. The Balaban J connectivity index is 1.32. The molecule has 0 saturated heterocycles. The van der Waals surface area contributed by atoms with E-state index in [9.17, 15) is 0 Å². The molecule has 0 saturated carbocycles. The number of nitrogens with one attached hydrogen (secondary N) is 1. The molecule has 4 aromatic carbocycles. The Hall–Kier alpha value is -3.54. The van der Waals surface area contributed by atoms with Crippen molar-refractivity contribution < 1.29 is 14.2 Å². The summed E-state index contributed by atoms with van der Waals surface area (Å²) < 4.78 is 19.7. The fourth-order valence-corrected chi connectivity index (χ4v) is 6.33. The van der Waals surface area contributed by atoms with Crippen LogP contribution in [-0.2, 0) is 12.4 Å². The van der Waals surface area contributed by atoms with Crippen molar-refractivity contribution in [1.82, 2.24) is 15.2 Å². The lowest BCUT2D eigenvalue weighted by molar-refractivity contribution is 0.223. The third-order valence-corrected chi connectivity index (χ3v) is 8.57. The summed E-state index contributed by atoms with van der Waals surface area (Å²) in [5.41, 5.74) is 5.25. The molecule has 1 N–H and O–H groups in total. The minimum Gasteiger partial charge on any atom is -0.490 e. The second kappa shape index (κ2) is 13.2. The highest BCUT2D eigenvalue weighted by Gasteiger charge is 2.28. The number of rotatable bonds is 9. The Morgan fingerprint density at radius 1 is 0.952 bits per heavy atom. The van der Waals surface area contributed by atoms with Crippen LogP contribution in [0.2, 0.25) is 5.02 Å². The Morgan fingerprint density at radius 3 is 2.57 bits per heavy atom. The van der Waals surface area contributed by atoms with Crippen molar-refractivity contribution >= 4 is 51.6 Å². The molecule has 0 aliphatic carbocycles. The van der Waals surface area contributed by atoms with Crippen LogP contribution in [0.15, 0.2) is 96.2 Å². The molecule has 2 heterocycles. The fraction of sp³-hybridized carbons (Fsp3) is 0.156. The van der Waals surface area contributed by atoms with Gasteiger partial charge in [0.1, 0.15) is 6.61 Å². The zero-order valence-electron chi connectivity index (χ0n) is 22.6. The standard InChI is InChI=1S/C32H26ClIN4O3S/c1-2-39-27-17-22(16-25(34)29(27)40-18-20-10-4-3-5-11-20)30-35-26-15-9-7-13-23(26)28-31(41-30)36-32(38-37-28)42-19-21-12-6-8-14-24(21)33/h3-17,30,35H,2,18-19H2,1H3/t30-/m1/s1. The lowest BCUT2D eigenvalue weighted by Crippen LogP contribution is -2.18. The molecular weight excluding hydrogens is 683 g/mol. The average molecular weight is 709 g/mol. The van der Waals surface area contributed by atoms with Gasteiger partial charge in [0.25, 0.3) is 0 Å². The summed E-state index contributed by atoms with van der Waals surface area (Å²) in [6.07, 6.45) is -0.568. The van der Waals surface area contributed by atoms with Crippen molar-refractivity contribution in [2.24, 2.45) is 0 Å². The van der Waals surface area contributed by atoms with E-state index in [0.717, 1.165) is 31.5 Å². The first-order valence-corrected chi connectivity index (χ1v) is 15.8. The molecule has 0 radical (unpaired) electrons. The van der Waals surface area contributed by atoms with Crippen molar-refractivity contribution in [1.29, 1.82) is 0 Å². The van der Waals surface area contributed by atoms with Crippen molar-refractivity contribution in [3.8, 4) is 28.6 Å². The Bertz CT molecular complexity index is 1710. The van der Waals surface area contributed by atoms with Crippen LogP contribution in [0.25, 0.3) is 11.3 Å². The van der Waals surface area contributed by atoms with Gasteiger partial charge >= 0.3 is 0 Å². The molecular formula is C32H26ClIN4O3S. The van der Waals surface area contributed by atoms with Crippen LogP contribution in [0.1, 0.15) is 29.8 Å². The van der Waals surface area contributed by atoms with Crippen LogP contribution in [0.4, 0.5) is 5.69 Å². The maximum Gasteiger partial charge on any atom is 0.247 e. The van der Waals surface area contributed by atoms with E-state index in [2.05, 4.69) is 38.1 Å². The number of fused-ring (bicyclic) bond motifs is 3. The van der Waals surface area contributed by atoms with Crippen LogP contribution in [-0.4, -0.2) is 21.8 Å². The van der Waals surface area contributed by atoms with Crippen molar-refractivity contribution in [3.05, 3.63) is 116 Å². The number of halogens is 2. The highest BCUT2D eigenvalue weighted by Crippen LogP contribution is 2.42. The number of hydrogen-bond acceptors (Lipinski definition) is 8. The number of benzene rings is 4. The molecule has 1 atom stereocenters. The molecule has 0 fully saturated rings. The van der Waals surface area contributed by atoms with Gasteiger partial charge in [-0.05, 0) is 64.9 Å². The molecule has 5 aromatic rings. The van der Waals surface area contributed by atoms with Gasteiger partial charge in [-0.25, -0.2) is 0 Å².